The van der Waals surface area contributed by atoms with Gasteiger partial charge in [0.1, 0.15) is 6.61 Å². The fourth-order valence-corrected chi connectivity index (χ4v) is 2.69. The van der Waals surface area contributed by atoms with Crippen LogP contribution in [0.3, 0.4) is 0 Å². The number of methoxy groups -OCH3 is 1. The zero-order chi connectivity index (χ0) is 18.8. The largest absolute Gasteiger partial charge is 0.493 e. The molecular formula is C21H29Cl2NO3. The van der Waals surface area contributed by atoms with Crippen LogP contribution in [0.5, 0.6) is 11.5 Å². The third-order valence-electron chi connectivity index (χ3n) is 3.79. The van der Waals surface area contributed by atoms with Crippen LogP contribution in [0.2, 0.25) is 5.02 Å². The van der Waals surface area contributed by atoms with Crippen molar-refractivity contribution in [3.8, 4) is 11.5 Å². The average Bonchev–Trinajstić information content (AvgIpc) is 2.63. The normalized spacial score (nSPS) is 10.6. The molecule has 6 heteroatoms. The molecule has 1 N–H and O–H groups in total. The summed E-state index contributed by atoms with van der Waals surface area (Å²) in [6, 6.07) is 13.7. The van der Waals surface area contributed by atoms with Crippen LogP contribution in [0, 0.1) is 0 Å². The van der Waals surface area contributed by atoms with Crippen LogP contribution >= 0.6 is 24.0 Å². The van der Waals surface area contributed by atoms with E-state index in [0.717, 1.165) is 48.7 Å². The molecule has 0 atom stereocenters. The Hall–Kier alpha value is -1.46. The van der Waals surface area contributed by atoms with Crippen molar-refractivity contribution in [2.45, 2.75) is 39.5 Å². The Balaban J connectivity index is 0.00000364. The Morgan fingerprint density at radius 3 is 2.56 bits per heavy atom. The number of rotatable bonds is 11. The number of ether oxygens (including phenoxy) is 3. The molecule has 0 aliphatic heterocycles. The second kappa shape index (κ2) is 12.8. The molecule has 2 aromatic rings. The molecule has 0 fully saturated rings. The molecule has 0 aromatic heterocycles. The van der Waals surface area contributed by atoms with Crippen LogP contribution in [0.4, 0.5) is 0 Å². The highest BCUT2D eigenvalue weighted by Gasteiger charge is 2.07. The van der Waals surface area contributed by atoms with Gasteiger partial charge in [-0.1, -0.05) is 29.8 Å². The van der Waals surface area contributed by atoms with Gasteiger partial charge < -0.3 is 19.5 Å². The number of halogens is 2. The number of hydrogen-bond acceptors (Lipinski definition) is 4. The van der Waals surface area contributed by atoms with E-state index in [1.807, 2.05) is 42.5 Å². The van der Waals surface area contributed by atoms with E-state index in [-0.39, 0.29) is 12.4 Å². The molecule has 2 aromatic carbocycles. The Labute approximate surface area is 173 Å². The second-order valence-electron chi connectivity index (χ2n) is 6.35. The van der Waals surface area contributed by atoms with Gasteiger partial charge in [0.25, 0.3) is 0 Å². The molecule has 0 saturated carbocycles. The van der Waals surface area contributed by atoms with Gasteiger partial charge in [0.05, 0.1) is 13.2 Å². The molecule has 27 heavy (non-hydrogen) atoms. The Morgan fingerprint density at radius 2 is 1.85 bits per heavy atom. The first-order valence-electron chi connectivity index (χ1n) is 8.95. The molecular weight excluding hydrogens is 385 g/mol. The first-order chi connectivity index (χ1) is 12.6. The maximum Gasteiger partial charge on any atom is 0.161 e. The summed E-state index contributed by atoms with van der Waals surface area (Å²) in [6.07, 6.45) is 1.29. The lowest BCUT2D eigenvalue weighted by atomic mass is 10.2. The summed E-state index contributed by atoms with van der Waals surface area (Å²) in [5.74, 6) is 1.45. The van der Waals surface area contributed by atoms with Gasteiger partial charge >= 0.3 is 0 Å². The van der Waals surface area contributed by atoms with Gasteiger partial charge in [0.2, 0.25) is 0 Å². The van der Waals surface area contributed by atoms with Gasteiger partial charge in [-0.15, -0.1) is 12.4 Å². The lowest BCUT2D eigenvalue weighted by Gasteiger charge is -2.13. The van der Waals surface area contributed by atoms with E-state index in [9.17, 15) is 0 Å². The highest BCUT2D eigenvalue weighted by molar-refractivity contribution is 6.30. The standard InChI is InChI=1S/C21H28ClNO3.ClH/c1-16(2)25-11-5-10-23-14-17-8-9-20(21(13-17)24-3)26-15-18-6-4-7-19(22)12-18;/h4,6-9,12-13,16,23H,5,10-11,14-15H2,1-3H3;1H. The predicted molar refractivity (Wildman–Crippen MR) is 113 cm³/mol. The van der Waals surface area contributed by atoms with Gasteiger partial charge in [-0.25, -0.2) is 0 Å². The number of nitrogens with one attached hydrogen (secondary N) is 1. The van der Waals surface area contributed by atoms with Gasteiger partial charge in [-0.05, 0) is 62.2 Å². The second-order valence-corrected chi connectivity index (χ2v) is 6.79. The SMILES string of the molecule is COc1cc(CNCCCOC(C)C)ccc1OCc1cccc(Cl)c1.Cl. The topological polar surface area (TPSA) is 39.7 Å². The Bertz CT molecular complexity index is 680. The first kappa shape index (κ1) is 23.6. The highest BCUT2D eigenvalue weighted by atomic mass is 35.5. The average molecular weight is 414 g/mol. The van der Waals surface area contributed by atoms with E-state index in [1.54, 1.807) is 7.11 Å². The van der Waals surface area contributed by atoms with Gasteiger partial charge in [0.15, 0.2) is 11.5 Å². The molecule has 4 nitrogen and oxygen atoms in total. The minimum absolute atomic E-state index is 0. The lowest BCUT2D eigenvalue weighted by molar-refractivity contribution is 0.0770. The molecule has 0 unspecified atom stereocenters. The zero-order valence-electron chi connectivity index (χ0n) is 16.2. The molecule has 0 aliphatic carbocycles. The van der Waals surface area contributed by atoms with Gasteiger partial charge in [-0.2, -0.15) is 0 Å². The third-order valence-corrected chi connectivity index (χ3v) is 4.02. The summed E-state index contributed by atoms with van der Waals surface area (Å²) in [5.41, 5.74) is 2.18. The smallest absolute Gasteiger partial charge is 0.161 e. The van der Waals surface area contributed by atoms with Gasteiger partial charge in [-0.3, -0.25) is 0 Å². The monoisotopic (exact) mass is 413 g/mol. The molecule has 2 rings (SSSR count). The fraction of sp³-hybridized carbons (Fsp3) is 0.429. The summed E-state index contributed by atoms with van der Waals surface area (Å²) in [7, 11) is 1.65. The molecule has 0 heterocycles. The third kappa shape index (κ3) is 8.85. The van der Waals surface area contributed by atoms with E-state index in [0.29, 0.717) is 17.7 Å². The minimum Gasteiger partial charge on any atom is -0.493 e. The van der Waals surface area contributed by atoms with Crippen molar-refractivity contribution in [1.29, 1.82) is 0 Å². The van der Waals surface area contributed by atoms with Crippen LogP contribution < -0.4 is 14.8 Å². The Morgan fingerprint density at radius 1 is 1.04 bits per heavy atom. The summed E-state index contributed by atoms with van der Waals surface area (Å²) < 4.78 is 16.9. The van der Waals surface area contributed by atoms with Crippen LogP contribution in [-0.2, 0) is 17.9 Å². The molecule has 0 aliphatic rings. The maximum atomic E-state index is 6.01. The van der Waals surface area contributed by atoms with E-state index >= 15 is 0 Å². The number of hydrogen-bond donors (Lipinski definition) is 1. The Kier molecular flexibility index (Phi) is 11.2. The summed E-state index contributed by atoms with van der Waals surface area (Å²) >= 11 is 6.01. The summed E-state index contributed by atoms with van der Waals surface area (Å²) in [6.45, 7) is 7.04. The van der Waals surface area contributed by atoms with E-state index in [2.05, 4.69) is 19.2 Å². The highest BCUT2D eigenvalue weighted by Crippen LogP contribution is 2.29. The molecule has 0 bridgehead atoms. The van der Waals surface area contributed by atoms with E-state index < -0.39 is 0 Å². The lowest BCUT2D eigenvalue weighted by Crippen LogP contribution is -2.17. The molecule has 0 spiro atoms. The van der Waals surface area contributed by atoms with Crippen molar-refractivity contribution < 1.29 is 14.2 Å². The summed E-state index contributed by atoms with van der Waals surface area (Å²) in [5, 5.41) is 4.13. The molecule has 0 amide bonds. The fourth-order valence-electron chi connectivity index (χ4n) is 2.48. The summed E-state index contributed by atoms with van der Waals surface area (Å²) in [4.78, 5) is 0. The van der Waals surface area contributed by atoms with Crippen molar-refractivity contribution in [2.75, 3.05) is 20.3 Å². The van der Waals surface area contributed by atoms with Crippen LogP contribution in [0.1, 0.15) is 31.4 Å². The quantitative estimate of drug-likeness (QED) is 0.510. The van der Waals surface area contributed by atoms with Crippen LogP contribution in [0.25, 0.3) is 0 Å². The van der Waals surface area contributed by atoms with Crippen LogP contribution in [-0.4, -0.2) is 26.4 Å². The van der Waals surface area contributed by atoms with Crippen molar-refractivity contribution in [3.63, 3.8) is 0 Å². The van der Waals surface area contributed by atoms with E-state index in [4.69, 9.17) is 25.8 Å². The van der Waals surface area contributed by atoms with Crippen molar-refractivity contribution in [1.82, 2.24) is 5.32 Å². The van der Waals surface area contributed by atoms with Gasteiger partial charge in [0, 0.05) is 18.2 Å². The predicted octanol–water partition coefficient (Wildman–Crippen LogP) is 5.25. The maximum absolute atomic E-state index is 6.01. The molecule has 0 radical (unpaired) electrons. The van der Waals surface area contributed by atoms with Crippen LogP contribution in [0.15, 0.2) is 42.5 Å². The molecule has 150 valence electrons. The first-order valence-corrected chi connectivity index (χ1v) is 9.32. The molecule has 0 saturated heterocycles. The van der Waals surface area contributed by atoms with Crippen molar-refractivity contribution in [3.05, 3.63) is 58.6 Å². The minimum atomic E-state index is 0. The zero-order valence-corrected chi connectivity index (χ0v) is 17.7. The van der Waals surface area contributed by atoms with Crippen molar-refractivity contribution in [2.24, 2.45) is 0 Å². The van der Waals surface area contributed by atoms with Crippen molar-refractivity contribution >= 4 is 24.0 Å². The van der Waals surface area contributed by atoms with E-state index in [1.165, 1.54) is 0 Å². The number of benzene rings is 2.